The third kappa shape index (κ3) is 11.5. The molecule has 56 heavy (non-hydrogen) atoms. The molecule has 0 bridgehead atoms. The van der Waals surface area contributed by atoms with Gasteiger partial charge in [-0.05, 0) is 67.9 Å². The fourth-order valence-electron chi connectivity index (χ4n) is 4.56. The number of Topliss-reactive ketones (excluding diaryl/α,β-unsaturated/α-hetero) is 1. The van der Waals surface area contributed by atoms with Crippen molar-refractivity contribution in [3.63, 3.8) is 0 Å². The van der Waals surface area contributed by atoms with Crippen LogP contribution in [0, 0.1) is 0 Å². The summed E-state index contributed by atoms with van der Waals surface area (Å²) in [7, 11) is -7.26. The highest BCUT2D eigenvalue weighted by atomic mass is 79.9. The second-order valence-electron chi connectivity index (χ2n) is 13.1. The lowest BCUT2D eigenvalue weighted by Crippen LogP contribution is -2.41. The van der Waals surface area contributed by atoms with Gasteiger partial charge in [-0.2, -0.15) is 10.2 Å². The van der Waals surface area contributed by atoms with Gasteiger partial charge in [0.1, 0.15) is 22.1 Å². The molecule has 1 saturated heterocycles. The number of nitrogens with one attached hydrogen (secondary N) is 1. The molecule has 0 spiro atoms. The number of carbonyl (C=O) groups excluding carboxylic acids is 2. The monoisotopic (exact) mass is 903 g/mol. The molecule has 0 atom stereocenters. The second-order valence-corrected chi connectivity index (χ2v) is 20.0. The lowest BCUT2D eigenvalue weighted by Gasteiger charge is -2.32. The molecular weight excluding hydrogens is 869 g/mol. The lowest BCUT2D eigenvalue weighted by atomic mass is 9.82. The first kappa shape index (κ1) is 42.6. The van der Waals surface area contributed by atoms with E-state index in [2.05, 4.69) is 46.1 Å². The van der Waals surface area contributed by atoms with Crippen LogP contribution in [-0.2, 0) is 29.2 Å². The van der Waals surface area contributed by atoms with E-state index in [1.165, 1.54) is 33.4 Å². The van der Waals surface area contributed by atoms with E-state index in [9.17, 15) is 26.4 Å². The Morgan fingerprint density at radius 2 is 1.39 bits per heavy atom. The summed E-state index contributed by atoms with van der Waals surface area (Å²) >= 11 is 5.56. The van der Waals surface area contributed by atoms with Crippen molar-refractivity contribution in [2.75, 3.05) is 18.3 Å². The number of hydrogen-bond acceptors (Lipinski definition) is 16. The SMILES string of the molecule is CC1(C)OB(c2cnn(-c3cccnc3)c2)OC1(C)C.CS(=O)(=O)CC(=O)c1csc(Br)n1.CS(=O)(=O)NC(=O)c1csc(-c2cnn(-c3cccnc3)c2)n1. The molecule has 1 fully saturated rings. The number of thiazole rings is 2. The van der Waals surface area contributed by atoms with Crippen molar-refractivity contribution in [1.82, 2.24) is 44.2 Å². The van der Waals surface area contributed by atoms with E-state index < -0.39 is 37.3 Å². The minimum atomic E-state index is -3.62. The molecule has 17 nitrogen and oxygen atoms in total. The minimum Gasteiger partial charge on any atom is -0.399 e. The Morgan fingerprint density at radius 1 is 0.821 bits per heavy atom. The number of sulfone groups is 1. The summed E-state index contributed by atoms with van der Waals surface area (Å²) in [5.41, 5.74) is 2.90. The second kappa shape index (κ2) is 17.3. The summed E-state index contributed by atoms with van der Waals surface area (Å²) in [4.78, 5) is 39.0. The zero-order valence-electron chi connectivity index (χ0n) is 30.7. The van der Waals surface area contributed by atoms with E-state index >= 15 is 0 Å². The van der Waals surface area contributed by atoms with E-state index in [1.54, 1.807) is 58.8 Å². The molecule has 1 amide bonds. The van der Waals surface area contributed by atoms with Gasteiger partial charge >= 0.3 is 7.12 Å². The summed E-state index contributed by atoms with van der Waals surface area (Å²) in [6.45, 7) is 8.16. The van der Waals surface area contributed by atoms with Crippen LogP contribution in [0.15, 0.2) is 88.5 Å². The first-order valence-corrected chi connectivity index (χ1v) is 22.8. The Hall–Kier alpha value is -4.52. The maximum absolute atomic E-state index is 11.8. The van der Waals surface area contributed by atoms with Gasteiger partial charge in [0.25, 0.3) is 5.91 Å². The number of pyridine rings is 2. The zero-order chi connectivity index (χ0) is 40.9. The molecule has 7 heterocycles. The lowest BCUT2D eigenvalue weighted by molar-refractivity contribution is 0.00578. The van der Waals surface area contributed by atoms with Gasteiger partial charge in [0.05, 0.1) is 47.4 Å². The number of sulfonamides is 1. The number of nitrogens with zero attached hydrogens (tertiary/aromatic N) is 8. The largest absolute Gasteiger partial charge is 0.498 e. The van der Waals surface area contributed by atoms with Gasteiger partial charge in [0.15, 0.2) is 19.5 Å². The van der Waals surface area contributed by atoms with E-state index in [0.717, 1.165) is 34.9 Å². The van der Waals surface area contributed by atoms with E-state index in [1.807, 2.05) is 56.8 Å². The van der Waals surface area contributed by atoms with Crippen molar-refractivity contribution in [2.45, 2.75) is 38.9 Å². The summed E-state index contributed by atoms with van der Waals surface area (Å²) in [6.07, 6.45) is 15.8. The molecule has 0 saturated carbocycles. The van der Waals surface area contributed by atoms with Gasteiger partial charge in [0, 0.05) is 59.0 Å². The number of rotatable bonds is 9. The first-order valence-electron chi connectivity index (χ1n) is 16.3. The molecule has 1 aliphatic rings. The van der Waals surface area contributed by atoms with E-state index in [0.29, 0.717) is 8.92 Å². The highest BCUT2D eigenvalue weighted by Crippen LogP contribution is 2.36. The van der Waals surface area contributed by atoms with Gasteiger partial charge in [-0.15, -0.1) is 22.7 Å². The summed E-state index contributed by atoms with van der Waals surface area (Å²) in [5, 5.41) is 12.2. The first-order chi connectivity index (χ1) is 26.2. The molecule has 1 N–H and O–H groups in total. The van der Waals surface area contributed by atoms with Crippen LogP contribution in [0.5, 0.6) is 0 Å². The predicted octanol–water partition coefficient (Wildman–Crippen LogP) is 3.78. The van der Waals surface area contributed by atoms with Crippen LogP contribution in [-0.4, -0.2) is 105 Å². The van der Waals surface area contributed by atoms with Crippen molar-refractivity contribution >= 4 is 82.7 Å². The van der Waals surface area contributed by atoms with Crippen LogP contribution in [0.3, 0.4) is 0 Å². The quantitative estimate of drug-likeness (QED) is 0.161. The third-order valence-electron chi connectivity index (χ3n) is 7.95. The van der Waals surface area contributed by atoms with Crippen LogP contribution in [0.25, 0.3) is 21.9 Å². The Balaban J connectivity index is 0.000000167. The molecule has 294 valence electrons. The van der Waals surface area contributed by atoms with Gasteiger partial charge in [-0.1, -0.05) is 0 Å². The zero-order valence-corrected chi connectivity index (χ0v) is 35.6. The van der Waals surface area contributed by atoms with Crippen LogP contribution in [0.4, 0.5) is 0 Å². The minimum absolute atomic E-state index is 0.0459. The average molecular weight is 905 g/mol. The maximum atomic E-state index is 11.8. The Labute approximate surface area is 339 Å². The summed E-state index contributed by atoms with van der Waals surface area (Å²) in [6, 6.07) is 7.49. The van der Waals surface area contributed by atoms with E-state index in [-0.39, 0.29) is 29.7 Å². The maximum Gasteiger partial charge on any atom is 0.498 e. The fraction of sp³-hybridized carbons (Fsp3) is 0.273. The predicted molar refractivity (Wildman–Crippen MR) is 216 cm³/mol. The molecule has 23 heteroatoms. The van der Waals surface area contributed by atoms with Gasteiger partial charge in [-0.3, -0.25) is 19.6 Å². The Morgan fingerprint density at radius 3 is 1.91 bits per heavy atom. The highest BCUT2D eigenvalue weighted by Gasteiger charge is 2.52. The molecule has 1 aliphatic heterocycles. The van der Waals surface area contributed by atoms with Crippen molar-refractivity contribution < 1.29 is 35.7 Å². The van der Waals surface area contributed by atoms with Crippen molar-refractivity contribution in [3.05, 3.63) is 99.9 Å². The standard InChI is InChI=1S/C14H18BN3O2.C13H11N5O3S2.C6H6BrNO3S2/c1-13(2)14(3,4)20-15(19-13)11-8-17-18(10-11)12-6-5-7-16-9-12;1-23(20,21)17-12(19)11-8-22-13(16-11)9-5-15-18(7-9)10-3-2-4-14-6-10;1-13(10,11)3-5(9)4-2-12-6(7)8-4/h5-10H,1-4H3;2-8H,1H3,(H,17,19);2H,3H2,1H3. The van der Waals surface area contributed by atoms with Crippen molar-refractivity contribution in [1.29, 1.82) is 0 Å². The van der Waals surface area contributed by atoms with Crippen LogP contribution < -0.4 is 10.2 Å². The Kier molecular flexibility index (Phi) is 13.2. The average Bonchev–Trinajstić information content (AvgIpc) is 3.96. The topological polar surface area (TPSA) is 220 Å². The van der Waals surface area contributed by atoms with Crippen molar-refractivity contribution in [2.24, 2.45) is 0 Å². The molecule has 0 aromatic carbocycles. The summed E-state index contributed by atoms with van der Waals surface area (Å²) in [5.74, 6) is -1.71. The molecule has 0 aliphatic carbocycles. The molecular formula is C33H35BBrN9O8S4. The number of aromatic nitrogens is 8. The Bertz CT molecular complexity index is 2510. The highest BCUT2D eigenvalue weighted by molar-refractivity contribution is 9.11. The normalized spacial score (nSPS) is 14.6. The number of halogens is 1. The smallest absolute Gasteiger partial charge is 0.399 e. The van der Waals surface area contributed by atoms with Crippen LogP contribution in [0.2, 0.25) is 0 Å². The van der Waals surface area contributed by atoms with E-state index in [4.69, 9.17) is 9.31 Å². The number of carbonyl (C=O) groups is 2. The molecule has 6 aromatic rings. The van der Waals surface area contributed by atoms with Crippen LogP contribution in [0.1, 0.15) is 48.7 Å². The number of hydrogen-bond donors (Lipinski definition) is 1. The molecule has 0 unspecified atom stereocenters. The third-order valence-corrected chi connectivity index (χ3v) is 11.5. The van der Waals surface area contributed by atoms with Crippen molar-refractivity contribution in [3.8, 4) is 21.9 Å². The fourth-order valence-corrected chi connectivity index (χ4v) is 7.41. The molecule has 6 aromatic heterocycles. The van der Waals surface area contributed by atoms with Gasteiger partial charge in [0.2, 0.25) is 10.0 Å². The van der Waals surface area contributed by atoms with Gasteiger partial charge < -0.3 is 9.31 Å². The number of ketones is 1. The van der Waals surface area contributed by atoms with Crippen LogP contribution >= 0.6 is 38.6 Å². The number of amides is 1. The molecule has 0 radical (unpaired) electrons. The van der Waals surface area contributed by atoms with Gasteiger partial charge in [-0.25, -0.2) is 40.9 Å². The summed E-state index contributed by atoms with van der Waals surface area (Å²) < 4.78 is 61.6. The molecule has 7 rings (SSSR count).